The van der Waals surface area contributed by atoms with Gasteiger partial charge >= 0.3 is 0 Å². The van der Waals surface area contributed by atoms with Crippen LogP contribution in [0, 0.1) is 5.92 Å². The third-order valence-electron chi connectivity index (χ3n) is 4.52. The maximum atomic E-state index is 4.29. The van der Waals surface area contributed by atoms with Gasteiger partial charge in [0.05, 0.1) is 12.4 Å². The Morgan fingerprint density at radius 3 is 2.91 bits per heavy atom. The van der Waals surface area contributed by atoms with E-state index < -0.39 is 0 Å². The molecule has 4 heterocycles. The van der Waals surface area contributed by atoms with Gasteiger partial charge in [0, 0.05) is 37.9 Å². The minimum atomic E-state index is 0.558. The Bertz CT molecular complexity index is 761. The van der Waals surface area contributed by atoms with Gasteiger partial charge in [0.2, 0.25) is 0 Å². The van der Waals surface area contributed by atoms with Crippen LogP contribution in [-0.4, -0.2) is 32.4 Å². The maximum Gasteiger partial charge on any atom is 0.156 e. The number of fused-ring (bicyclic) bond motifs is 1. The molecule has 0 radical (unpaired) electrons. The van der Waals surface area contributed by atoms with Crippen LogP contribution in [0.2, 0.25) is 0 Å². The van der Waals surface area contributed by atoms with Crippen LogP contribution in [0.15, 0.2) is 49.3 Å². The molecule has 5 heteroatoms. The Morgan fingerprint density at radius 1 is 1.18 bits per heavy atom. The minimum Gasteiger partial charge on any atom is -0.356 e. The van der Waals surface area contributed by atoms with Gasteiger partial charge in [-0.2, -0.15) is 0 Å². The van der Waals surface area contributed by atoms with E-state index in [-0.39, 0.29) is 0 Å². The predicted molar refractivity (Wildman–Crippen MR) is 86.0 cm³/mol. The highest BCUT2D eigenvalue weighted by atomic mass is 15.3. The average Bonchev–Trinajstić information content (AvgIpc) is 3.00. The zero-order valence-corrected chi connectivity index (χ0v) is 12.6. The van der Waals surface area contributed by atoms with Crippen LogP contribution in [0.5, 0.6) is 0 Å². The molecule has 5 nitrogen and oxygen atoms in total. The molecule has 0 bridgehead atoms. The zero-order chi connectivity index (χ0) is 14.9. The third kappa shape index (κ3) is 2.32. The van der Waals surface area contributed by atoms with Crippen molar-refractivity contribution in [3.63, 3.8) is 0 Å². The fourth-order valence-electron chi connectivity index (χ4n) is 3.28. The van der Waals surface area contributed by atoms with Gasteiger partial charge in [0.25, 0.3) is 0 Å². The van der Waals surface area contributed by atoms with Gasteiger partial charge in [0.15, 0.2) is 5.65 Å². The van der Waals surface area contributed by atoms with Gasteiger partial charge in [0.1, 0.15) is 5.82 Å². The molecule has 0 aliphatic carbocycles. The highest BCUT2D eigenvalue weighted by Crippen LogP contribution is 2.31. The molecular formula is C17H19N5. The zero-order valence-electron chi connectivity index (χ0n) is 12.6. The smallest absolute Gasteiger partial charge is 0.156 e. The molecule has 22 heavy (non-hydrogen) atoms. The lowest BCUT2D eigenvalue weighted by Crippen LogP contribution is -2.48. The van der Waals surface area contributed by atoms with Crippen LogP contribution in [0.4, 0.5) is 5.82 Å². The molecular weight excluding hydrogens is 274 g/mol. The van der Waals surface area contributed by atoms with E-state index in [0.29, 0.717) is 5.92 Å². The topological polar surface area (TPSA) is 46.3 Å². The van der Waals surface area contributed by atoms with Crippen molar-refractivity contribution in [1.82, 2.24) is 19.4 Å². The van der Waals surface area contributed by atoms with Crippen molar-refractivity contribution < 1.29 is 0 Å². The highest BCUT2D eigenvalue weighted by molar-refractivity contribution is 5.50. The van der Waals surface area contributed by atoms with Gasteiger partial charge in [-0.05, 0) is 29.9 Å². The summed E-state index contributed by atoms with van der Waals surface area (Å²) in [4.78, 5) is 15.2. The second-order valence-electron chi connectivity index (χ2n) is 6.12. The number of aromatic nitrogens is 4. The van der Waals surface area contributed by atoms with E-state index in [0.717, 1.165) is 30.5 Å². The molecule has 1 fully saturated rings. The van der Waals surface area contributed by atoms with Crippen LogP contribution in [-0.2, 0) is 0 Å². The molecule has 3 aromatic heterocycles. The summed E-state index contributed by atoms with van der Waals surface area (Å²) >= 11 is 0. The van der Waals surface area contributed by atoms with Gasteiger partial charge in [-0.1, -0.05) is 13.0 Å². The van der Waals surface area contributed by atoms with Crippen LogP contribution >= 0.6 is 0 Å². The van der Waals surface area contributed by atoms with Crippen molar-refractivity contribution in [2.75, 3.05) is 18.0 Å². The molecule has 112 valence electrons. The number of imidazole rings is 1. The summed E-state index contributed by atoms with van der Waals surface area (Å²) in [5.41, 5.74) is 2.24. The summed E-state index contributed by atoms with van der Waals surface area (Å²) in [5.74, 6) is 2.43. The first-order valence-corrected chi connectivity index (χ1v) is 7.73. The summed E-state index contributed by atoms with van der Waals surface area (Å²) in [6.45, 7) is 4.46. The van der Waals surface area contributed by atoms with E-state index in [1.54, 1.807) is 6.20 Å². The molecule has 4 rings (SSSR count). The standard InChI is InChI=1S/C17H19N5/c1-13(15-3-2-4-18-8-15)7-14-11-21(12-14)17-10-19-9-16-20-5-6-22(16)17/h2-6,8-10,13-14H,7,11-12H2,1H3. The van der Waals surface area contributed by atoms with E-state index in [4.69, 9.17) is 0 Å². The summed E-state index contributed by atoms with van der Waals surface area (Å²) in [6.07, 6.45) is 12.6. The largest absolute Gasteiger partial charge is 0.356 e. The van der Waals surface area contributed by atoms with E-state index in [1.807, 2.05) is 37.1 Å². The highest BCUT2D eigenvalue weighted by Gasteiger charge is 2.29. The van der Waals surface area contributed by atoms with Gasteiger partial charge in [-0.3, -0.25) is 14.4 Å². The van der Waals surface area contributed by atoms with Crippen molar-refractivity contribution in [3.05, 3.63) is 54.9 Å². The normalized spacial score (nSPS) is 16.7. The van der Waals surface area contributed by atoms with Crippen molar-refractivity contribution in [2.45, 2.75) is 19.3 Å². The number of hydrogen-bond acceptors (Lipinski definition) is 4. The molecule has 1 unspecified atom stereocenters. The van der Waals surface area contributed by atoms with E-state index >= 15 is 0 Å². The number of hydrogen-bond donors (Lipinski definition) is 0. The number of anilines is 1. The molecule has 1 saturated heterocycles. The quantitative estimate of drug-likeness (QED) is 0.742. The van der Waals surface area contributed by atoms with Crippen LogP contribution in [0.1, 0.15) is 24.8 Å². The Hall–Kier alpha value is -2.43. The fourth-order valence-corrected chi connectivity index (χ4v) is 3.28. The van der Waals surface area contributed by atoms with Gasteiger partial charge in [-0.25, -0.2) is 4.98 Å². The Balaban J connectivity index is 1.41. The van der Waals surface area contributed by atoms with Crippen molar-refractivity contribution >= 4 is 11.5 Å². The lowest BCUT2D eigenvalue weighted by atomic mass is 9.86. The van der Waals surface area contributed by atoms with Crippen LogP contribution in [0.25, 0.3) is 5.65 Å². The van der Waals surface area contributed by atoms with E-state index in [9.17, 15) is 0 Å². The monoisotopic (exact) mass is 293 g/mol. The molecule has 1 aliphatic rings. The van der Waals surface area contributed by atoms with E-state index in [1.165, 1.54) is 12.0 Å². The maximum absolute atomic E-state index is 4.29. The van der Waals surface area contributed by atoms with Crippen LogP contribution < -0.4 is 4.90 Å². The molecule has 1 atom stereocenters. The summed E-state index contributed by atoms with van der Waals surface area (Å²) in [5, 5.41) is 0. The molecule has 0 amide bonds. The van der Waals surface area contributed by atoms with Gasteiger partial charge in [-0.15, -0.1) is 0 Å². The lowest BCUT2D eigenvalue weighted by molar-refractivity contribution is 0.358. The molecule has 0 aromatic carbocycles. The first-order chi connectivity index (χ1) is 10.8. The molecule has 0 N–H and O–H groups in total. The Kier molecular flexibility index (Phi) is 3.25. The van der Waals surface area contributed by atoms with E-state index in [2.05, 4.69) is 37.2 Å². The predicted octanol–water partition coefficient (Wildman–Crippen LogP) is 2.75. The second-order valence-corrected chi connectivity index (χ2v) is 6.12. The molecule has 1 aliphatic heterocycles. The number of rotatable bonds is 4. The average molecular weight is 293 g/mol. The lowest BCUT2D eigenvalue weighted by Gasteiger charge is -2.42. The molecule has 0 spiro atoms. The van der Waals surface area contributed by atoms with Crippen molar-refractivity contribution in [2.24, 2.45) is 5.92 Å². The minimum absolute atomic E-state index is 0.558. The third-order valence-corrected chi connectivity index (χ3v) is 4.52. The number of pyridine rings is 1. The SMILES string of the molecule is CC(CC1CN(c2cncc3nccn23)C1)c1cccnc1. The van der Waals surface area contributed by atoms with Crippen molar-refractivity contribution in [3.8, 4) is 0 Å². The Morgan fingerprint density at radius 2 is 2.09 bits per heavy atom. The molecule has 3 aromatic rings. The van der Waals surface area contributed by atoms with Gasteiger partial charge < -0.3 is 4.90 Å². The summed E-state index contributed by atoms with van der Waals surface area (Å²) in [7, 11) is 0. The Labute approximate surface area is 129 Å². The van der Waals surface area contributed by atoms with Crippen LogP contribution in [0.3, 0.4) is 0 Å². The van der Waals surface area contributed by atoms with Crippen molar-refractivity contribution in [1.29, 1.82) is 0 Å². The fraction of sp³-hybridized carbons (Fsp3) is 0.353. The number of nitrogens with zero attached hydrogens (tertiary/aromatic N) is 5. The summed E-state index contributed by atoms with van der Waals surface area (Å²) < 4.78 is 2.10. The first-order valence-electron chi connectivity index (χ1n) is 7.73. The first kappa shape index (κ1) is 13.2. The second kappa shape index (κ2) is 5.40. The summed E-state index contributed by atoms with van der Waals surface area (Å²) in [6, 6.07) is 4.19. The molecule has 0 saturated carbocycles.